The highest BCUT2D eigenvalue weighted by Crippen LogP contribution is 2.35. The lowest BCUT2D eigenvalue weighted by Crippen LogP contribution is -2.44. The van der Waals surface area contributed by atoms with Gasteiger partial charge in [-0.25, -0.2) is 9.97 Å². The van der Waals surface area contributed by atoms with Crippen molar-refractivity contribution < 1.29 is 4.74 Å². The Morgan fingerprint density at radius 2 is 1.75 bits per heavy atom. The summed E-state index contributed by atoms with van der Waals surface area (Å²) in [7, 11) is 0. The molecular weight excluding hydrogens is 395 g/mol. The van der Waals surface area contributed by atoms with Gasteiger partial charge in [0.25, 0.3) is 0 Å². The van der Waals surface area contributed by atoms with Gasteiger partial charge in [0.05, 0.1) is 11.8 Å². The van der Waals surface area contributed by atoms with Crippen LogP contribution in [0.2, 0.25) is 0 Å². The summed E-state index contributed by atoms with van der Waals surface area (Å²) in [6.45, 7) is 14.6. The highest BCUT2D eigenvalue weighted by Gasteiger charge is 2.21. The first kappa shape index (κ1) is 24.5. The van der Waals surface area contributed by atoms with E-state index < -0.39 is 0 Å². The second kappa shape index (κ2) is 10.3. The lowest BCUT2D eigenvalue weighted by atomic mass is 9.85. The van der Waals surface area contributed by atoms with Crippen LogP contribution in [0.1, 0.15) is 40.2 Å². The Morgan fingerprint density at radius 1 is 1.07 bits per heavy atom. The molecule has 2 heterocycles. The van der Waals surface area contributed by atoms with Crippen LogP contribution in [0.5, 0.6) is 5.75 Å². The number of piperazine rings is 1. The fraction of sp³-hybridized carbons (Fsp3) is 0.524. The van der Waals surface area contributed by atoms with Gasteiger partial charge in [0.15, 0.2) is 0 Å². The van der Waals surface area contributed by atoms with Crippen molar-refractivity contribution in [3.8, 4) is 17.0 Å². The molecule has 1 aromatic carbocycles. The number of anilines is 1. The molecule has 0 spiro atoms. The molecule has 0 saturated carbocycles. The van der Waals surface area contributed by atoms with Gasteiger partial charge in [-0.15, -0.1) is 24.8 Å². The van der Waals surface area contributed by atoms with Crippen LogP contribution in [0.4, 0.5) is 5.95 Å². The van der Waals surface area contributed by atoms with Crippen LogP contribution in [-0.2, 0) is 5.41 Å². The molecule has 0 amide bonds. The molecular formula is C21H32Cl2N4O. The smallest absolute Gasteiger partial charge is 0.225 e. The molecule has 28 heavy (non-hydrogen) atoms. The van der Waals surface area contributed by atoms with E-state index in [9.17, 15) is 0 Å². The first-order valence-electron chi connectivity index (χ1n) is 9.45. The van der Waals surface area contributed by atoms with E-state index in [0.717, 1.165) is 49.1 Å². The second-order valence-corrected chi connectivity index (χ2v) is 8.11. The molecule has 1 aliphatic heterocycles. The van der Waals surface area contributed by atoms with Crippen molar-refractivity contribution in [2.45, 2.75) is 46.1 Å². The van der Waals surface area contributed by atoms with Crippen LogP contribution in [0.25, 0.3) is 11.3 Å². The summed E-state index contributed by atoms with van der Waals surface area (Å²) in [5.41, 5.74) is 3.25. The van der Waals surface area contributed by atoms with Gasteiger partial charge in [-0.1, -0.05) is 20.8 Å². The number of ether oxygens (including phenoxy) is 1. The predicted molar refractivity (Wildman–Crippen MR) is 122 cm³/mol. The fourth-order valence-corrected chi connectivity index (χ4v) is 3.16. The molecule has 1 aromatic heterocycles. The zero-order chi connectivity index (χ0) is 18.7. The lowest BCUT2D eigenvalue weighted by Gasteiger charge is -2.27. The molecule has 0 bridgehead atoms. The van der Waals surface area contributed by atoms with E-state index in [0.29, 0.717) is 0 Å². The minimum absolute atomic E-state index is 0. The monoisotopic (exact) mass is 426 g/mol. The maximum Gasteiger partial charge on any atom is 0.225 e. The molecule has 1 aliphatic rings. The van der Waals surface area contributed by atoms with Crippen LogP contribution in [0, 0.1) is 0 Å². The molecule has 2 aromatic rings. The maximum atomic E-state index is 6.03. The van der Waals surface area contributed by atoms with Gasteiger partial charge >= 0.3 is 0 Å². The molecule has 156 valence electrons. The van der Waals surface area contributed by atoms with Crippen LogP contribution >= 0.6 is 24.8 Å². The van der Waals surface area contributed by atoms with Crippen molar-refractivity contribution in [1.82, 2.24) is 15.3 Å². The van der Waals surface area contributed by atoms with E-state index in [1.807, 2.05) is 12.3 Å². The zero-order valence-electron chi connectivity index (χ0n) is 17.4. The van der Waals surface area contributed by atoms with Crippen LogP contribution in [0.15, 0.2) is 30.5 Å². The molecule has 5 nitrogen and oxygen atoms in total. The van der Waals surface area contributed by atoms with Crippen LogP contribution < -0.4 is 15.0 Å². The molecule has 0 atom stereocenters. The summed E-state index contributed by atoms with van der Waals surface area (Å²) < 4.78 is 6.03. The molecule has 3 rings (SSSR count). The van der Waals surface area contributed by atoms with Crippen molar-refractivity contribution in [1.29, 1.82) is 0 Å². The molecule has 0 aliphatic carbocycles. The summed E-state index contributed by atoms with van der Waals surface area (Å²) in [6, 6.07) is 8.36. The number of hydrogen-bond donors (Lipinski definition) is 1. The van der Waals surface area contributed by atoms with Gasteiger partial charge in [-0.05, 0) is 43.5 Å². The van der Waals surface area contributed by atoms with E-state index in [1.54, 1.807) is 0 Å². The fourth-order valence-electron chi connectivity index (χ4n) is 3.16. The van der Waals surface area contributed by atoms with E-state index in [4.69, 9.17) is 9.72 Å². The molecule has 1 fully saturated rings. The predicted octanol–water partition coefficient (Wildman–Crippen LogP) is 4.48. The standard InChI is InChI=1S/C21H30N4O.2ClH/c1-15(2)26-19-7-6-16(14-17(19)21(3,4)5)18-8-9-23-20(24-18)25-12-10-22-11-13-25;;/h6-9,14-15,22H,10-13H2,1-5H3;2*1H. The van der Waals surface area contributed by atoms with Crippen molar-refractivity contribution >= 4 is 30.8 Å². The molecule has 1 saturated heterocycles. The molecule has 1 N–H and O–H groups in total. The van der Waals surface area contributed by atoms with Crippen molar-refractivity contribution in [2.24, 2.45) is 0 Å². The highest BCUT2D eigenvalue weighted by atomic mass is 35.5. The Bertz CT molecular complexity index is 756. The van der Waals surface area contributed by atoms with E-state index >= 15 is 0 Å². The number of halogens is 2. The SMILES string of the molecule is CC(C)Oc1ccc(-c2ccnc(N3CCNCC3)n2)cc1C(C)(C)C.Cl.Cl. The largest absolute Gasteiger partial charge is 0.491 e. The number of benzene rings is 1. The summed E-state index contributed by atoms with van der Waals surface area (Å²) in [5, 5.41) is 3.37. The Labute approximate surface area is 181 Å². The summed E-state index contributed by atoms with van der Waals surface area (Å²) in [6.07, 6.45) is 2.01. The minimum Gasteiger partial charge on any atom is -0.491 e. The normalized spacial score (nSPS) is 14.3. The van der Waals surface area contributed by atoms with Gasteiger partial charge in [-0.3, -0.25) is 0 Å². The Hall–Kier alpha value is -1.56. The summed E-state index contributed by atoms with van der Waals surface area (Å²) in [5.74, 6) is 1.76. The number of nitrogens with zero attached hydrogens (tertiary/aromatic N) is 3. The number of nitrogens with one attached hydrogen (secondary N) is 1. The van der Waals surface area contributed by atoms with Gasteiger partial charge < -0.3 is 15.0 Å². The first-order valence-corrected chi connectivity index (χ1v) is 9.45. The molecule has 7 heteroatoms. The summed E-state index contributed by atoms with van der Waals surface area (Å²) in [4.78, 5) is 11.5. The number of aromatic nitrogens is 2. The van der Waals surface area contributed by atoms with E-state index in [1.165, 1.54) is 5.56 Å². The van der Waals surface area contributed by atoms with Gasteiger partial charge in [0.2, 0.25) is 5.95 Å². The maximum absolute atomic E-state index is 6.03. The first-order chi connectivity index (χ1) is 12.3. The lowest BCUT2D eigenvalue weighted by molar-refractivity contribution is 0.236. The molecule has 0 radical (unpaired) electrons. The van der Waals surface area contributed by atoms with Crippen LogP contribution in [0.3, 0.4) is 0 Å². The number of rotatable bonds is 4. The number of hydrogen-bond acceptors (Lipinski definition) is 5. The topological polar surface area (TPSA) is 50.3 Å². The van der Waals surface area contributed by atoms with Gasteiger partial charge in [0.1, 0.15) is 5.75 Å². The van der Waals surface area contributed by atoms with Crippen LogP contribution in [-0.4, -0.2) is 42.3 Å². The highest BCUT2D eigenvalue weighted by molar-refractivity contribution is 5.85. The Balaban J connectivity index is 0.00000196. The van der Waals surface area contributed by atoms with Gasteiger partial charge in [0, 0.05) is 43.5 Å². The summed E-state index contributed by atoms with van der Waals surface area (Å²) >= 11 is 0. The quantitative estimate of drug-likeness (QED) is 0.780. The molecule has 0 unspecified atom stereocenters. The minimum atomic E-state index is -0.00532. The third kappa shape index (κ3) is 5.97. The van der Waals surface area contributed by atoms with Crippen molar-refractivity contribution in [2.75, 3.05) is 31.1 Å². The Morgan fingerprint density at radius 3 is 2.36 bits per heavy atom. The van der Waals surface area contributed by atoms with Gasteiger partial charge in [-0.2, -0.15) is 0 Å². The third-order valence-electron chi connectivity index (χ3n) is 4.49. The average Bonchev–Trinajstić information content (AvgIpc) is 2.61. The average molecular weight is 427 g/mol. The second-order valence-electron chi connectivity index (χ2n) is 8.11. The Kier molecular flexibility index (Phi) is 8.99. The third-order valence-corrected chi connectivity index (χ3v) is 4.49. The van der Waals surface area contributed by atoms with E-state index in [2.05, 4.69) is 68.0 Å². The van der Waals surface area contributed by atoms with E-state index in [-0.39, 0.29) is 36.3 Å². The van der Waals surface area contributed by atoms with Crippen molar-refractivity contribution in [3.05, 3.63) is 36.0 Å². The zero-order valence-corrected chi connectivity index (χ0v) is 19.0. The van der Waals surface area contributed by atoms with Crippen molar-refractivity contribution in [3.63, 3.8) is 0 Å².